The molecule has 1 unspecified atom stereocenters. The molecule has 0 spiro atoms. The van der Waals surface area contributed by atoms with Crippen molar-refractivity contribution in [2.75, 3.05) is 13.2 Å². The Morgan fingerprint density at radius 3 is 2.29 bits per heavy atom. The molecule has 1 atom stereocenters. The van der Waals surface area contributed by atoms with E-state index in [0.717, 1.165) is 32.3 Å². The largest absolute Gasteiger partial charge is 0.418 e. The molecule has 0 bridgehead atoms. The quantitative estimate of drug-likeness (QED) is 0.481. The summed E-state index contributed by atoms with van der Waals surface area (Å²) in [5.74, 6) is 0. The van der Waals surface area contributed by atoms with Crippen LogP contribution in [0.15, 0.2) is 0 Å². The number of hydrogen-bond donors (Lipinski definition) is 2. The molecular formula is C10H26N2OSi. The van der Waals surface area contributed by atoms with Crippen molar-refractivity contribution in [2.24, 2.45) is 11.5 Å². The molecule has 0 rings (SSSR count). The van der Waals surface area contributed by atoms with Gasteiger partial charge in [0.2, 0.25) is 0 Å². The van der Waals surface area contributed by atoms with Crippen molar-refractivity contribution in [3.05, 3.63) is 0 Å². The smallest absolute Gasteiger partial charge is 0.183 e. The lowest BCUT2D eigenvalue weighted by atomic mass is 10.1. The van der Waals surface area contributed by atoms with E-state index < -0.39 is 8.32 Å². The highest BCUT2D eigenvalue weighted by Crippen LogP contribution is 2.06. The van der Waals surface area contributed by atoms with Crippen molar-refractivity contribution < 1.29 is 4.43 Å². The summed E-state index contributed by atoms with van der Waals surface area (Å²) < 4.78 is 5.74. The Hall–Kier alpha value is 0.0969. The third-order valence-electron chi connectivity index (χ3n) is 2.04. The molecule has 0 amide bonds. The third kappa shape index (κ3) is 10.2. The van der Waals surface area contributed by atoms with Crippen LogP contribution in [0.2, 0.25) is 19.6 Å². The molecule has 86 valence electrons. The van der Waals surface area contributed by atoms with E-state index >= 15 is 0 Å². The Kier molecular flexibility index (Phi) is 7.45. The summed E-state index contributed by atoms with van der Waals surface area (Å²) in [5.41, 5.74) is 11.3. The van der Waals surface area contributed by atoms with Gasteiger partial charge in [-0.25, -0.2) is 0 Å². The van der Waals surface area contributed by atoms with Gasteiger partial charge in [0, 0.05) is 12.6 Å². The maximum absolute atomic E-state index is 5.84. The van der Waals surface area contributed by atoms with Gasteiger partial charge >= 0.3 is 0 Å². The zero-order valence-corrected chi connectivity index (χ0v) is 10.9. The van der Waals surface area contributed by atoms with Gasteiger partial charge in [-0.3, -0.25) is 0 Å². The summed E-state index contributed by atoms with van der Waals surface area (Å²) in [5, 5.41) is 0. The second-order valence-electron chi connectivity index (χ2n) is 4.79. The van der Waals surface area contributed by atoms with Gasteiger partial charge in [-0.15, -0.1) is 0 Å². The van der Waals surface area contributed by atoms with Gasteiger partial charge in [0.25, 0.3) is 0 Å². The van der Waals surface area contributed by atoms with Crippen LogP contribution in [-0.2, 0) is 4.43 Å². The van der Waals surface area contributed by atoms with E-state index in [2.05, 4.69) is 19.6 Å². The first-order valence-electron chi connectivity index (χ1n) is 5.55. The SMILES string of the molecule is C[Si](C)(C)OCCCCC(N)CCN. The molecule has 0 fully saturated rings. The summed E-state index contributed by atoms with van der Waals surface area (Å²) in [6, 6.07) is 0.284. The fraction of sp³-hybridized carbons (Fsp3) is 1.00. The van der Waals surface area contributed by atoms with Gasteiger partial charge in [0.05, 0.1) is 0 Å². The van der Waals surface area contributed by atoms with Crippen LogP contribution in [0, 0.1) is 0 Å². The van der Waals surface area contributed by atoms with E-state index in [0.29, 0.717) is 6.54 Å². The molecule has 0 saturated heterocycles. The third-order valence-corrected chi connectivity index (χ3v) is 3.11. The van der Waals surface area contributed by atoms with Crippen LogP contribution in [0.1, 0.15) is 25.7 Å². The van der Waals surface area contributed by atoms with Crippen LogP contribution in [0.25, 0.3) is 0 Å². The van der Waals surface area contributed by atoms with Crippen LogP contribution in [0.3, 0.4) is 0 Å². The molecule has 4 N–H and O–H groups in total. The minimum Gasteiger partial charge on any atom is -0.418 e. The Balaban J connectivity index is 3.21. The average molecular weight is 218 g/mol. The molecule has 0 aromatic rings. The number of rotatable bonds is 8. The minimum absolute atomic E-state index is 0.284. The predicted octanol–water partition coefficient (Wildman–Crippen LogP) is 1.68. The summed E-state index contributed by atoms with van der Waals surface area (Å²) in [4.78, 5) is 0. The van der Waals surface area contributed by atoms with Crippen LogP contribution in [0.4, 0.5) is 0 Å². The van der Waals surface area contributed by atoms with Gasteiger partial charge in [-0.1, -0.05) is 0 Å². The summed E-state index contributed by atoms with van der Waals surface area (Å²) in [6.45, 7) is 8.24. The fourth-order valence-electron chi connectivity index (χ4n) is 1.25. The topological polar surface area (TPSA) is 61.3 Å². The monoisotopic (exact) mass is 218 g/mol. The second-order valence-corrected chi connectivity index (χ2v) is 9.31. The van der Waals surface area contributed by atoms with Gasteiger partial charge in [-0.2, -0.15) is 0 Å². The highest BCUT2D eigenvalue weighted by molar-refractivity contribution is 6.69. The van der Waals surface area contributed by atoms with Gasteiger partial charge in [-0.05, 0) is 51.9 Å². The Bertz CT molecular complexity index is 137. The lowest BCUT2D eigenvalue weighted by molar-refractivity contribution is 0.296. The summed E-state index contributed by atoms with van der Waals surface area (Å²) >= 11 is 0. The van der Waals surface area contributed by atoms with E-state index in [1.807, 2.05) is 0 Å². The van der Waals surface area contributed by atoms with Crippen molar-refractivity contribution in [2.45, 2.75) is 51.4 Å². The number of nitrogens with two attached hydrogens (primary N) is 2. The van der Waals surface area contributed by atoms with Crippen LogP contribution in [0.5, 0.6) is 0 Å². The predicted molar refractivity (Wildman–Crippen MR) is 64.8 cm³/mol. The summed E-state index contributed by atoms with van der Waals surface area (Å²) in [7, 11) is -1.30. The molecule has 0 aliphatic rings. The standard InChI is InChI=1S/C10H26N2OSi/c1-14(2,3)13-9-5-4-6-10(12)7-8-11/h10H,4-9,11-12H2,1-3H3. The zero-order chi connectivity index (χ0) is 11.0. The molecular weight excluding hydrogens is 192 g/mol. The molecule has 3 nitrogen and oxygen atoms in total. The van der Waals surface area contributed by atoms with Crippen molar-refractivity contribution in [1.82, 2.24) is 0 Å². The van der Waals surface area contributed by atoms with E-state index in [1.54, 1.807) is 0 Å². The fourth-order valence-corrected chi connectivity index (χ4v) is 2.00. The normalized spacial score (nSPS) is 14.4. The first-order chi connectivity index (χ1) is 6.45. The Morgan fingerprint density at radius 2 is 1.79 bits per heavy atom. The second kappa shape index (κ2) is 7.40. The van der Waals surface area contributed by atoms with Crippen molar-refractivity contribution >= 4 is 8.32 Å². The lowest BCUT2D eigenvalue weighted by Crippen LogP contribution is -2.26. The van der Waals surface area contributed by atoms with Gasteiger partial charge in [0.15, 0.2) is 8.32 Å². The maximum atomic E-state index is 5.84. The maximum Gasteiger partial charge on any atom is 0.183 e. The van der Waals surface area contributed by atoms with Crippen LogP contribution < -0.4 is 11.5 Å². The summed E-state index contributed by atoms with van der Waals surface area (Å²) in [6.07, 6.45) is 4.30. The van der Waals surface area contributed by atoms with Gasteiger partial charge in [0.1, 0.15) is 0 Å². The van der Waals surface area contributed by atoms with E-state index in [4.69, 9.17) is 15.9 Å². The van der Waals surface area contributed by atoms with Crippen LogP contribution in [-0.4, -0.2) is 27.5 Å². The molecule has 0 radical (unpaired) electrons. The van der Waals surface area contributed by atoms with Crippen molar-refractivity contribution in [3.8, 4) is 0 Å². The first-order valence-corrected chi connectivity index (χ1v) is 8.96. The van der Waals surface area contributed by atoms with Crippen molar-refractivity contribution in [3.63, 3.8) is 0 Å². The Labute approximate surface area is 89.3 Å². The lowest BCUT2D eigenvalue weighted by Gasteiger charge is -2.17. The molecule has 0 heterocycles. The molecule has 14 heavy (non-hydrogen) atoms. The zero-order valence-electron chi connectivity index (χ0n) is 9.88. The van der Waals surface area contributed by atoms with E-state index in [-0.39, 0.29) is 6.04 Å². The molecule has 4 heteroatoms. The molecule has 0 aliphatic carbocycles. The first kappa shape index (κ1) is 14.1. The molecule has 0 aromatic carbocycles. The minimum atomic E-state index is -1.30. The van der Waals surface area contributed by atoms with Crippen LogP contribution >= 0.6 is 0 Å². The highest BCUT2D eigenvalue weighted by atomic mass is 28.4. The van der Waals surface area contributed by atoms with E-state index in [9.17, 15) is 0 Å². The average Bonchev–Trinajstić information content (AvgIpc) is 2.02. The molecule has 0 aromatic heterocycles. The Morgan fingerprint density at radius 1 is 1.14 bits per heavy atom. The van der Waals surface area contributed by atoms with Crippen molar-refractivity contribution in [1.29, 1.82) is 0 Å². The number of hydrogen-bond acceptors (Lipinski definition) is 3. The molecule has 0 saturated carbocycles. The number of unbranched alkanes of at least 4 members (excludes halogenated alkanes) is 1. The van der Waals surface area contributed by atoms with Gasteiger partial charge < -0.3 is 15.9 Å². The highest BCUT2D eigenvalue weighted by Gasteiger charge is 2.13. The van der Waals surface area contributed by atoms with E-state index in [1.165, 1.54) is 0 Å². The molecule has 0 aliphatic heterocycles.